The van der Waals surface area contributed by atoms with Gasteiger partial charge in [0.25, 0.3) is 0 Å². The van der Waals surface area contributed by atoms with Crippen molar-refractivity contribution in [3.63, 3.8) is 0 Å². The number of hydrogen-bond donors (Lipinski definition) is 1. The Morgan fingerprint density at radius 1 is 1.26 bits per heavy atom. The summed E-state index contributed by atoms with van der Waals surface area (Å²) in [6.07, 6.45) is 1.41. The molecule has 2 rings (SSSR count). The van der Waals surface area contributed by atoms with Gasteiger partial charge in [0.2, 0.25) is 0 Å². The van der Waals surface area contributed by atoms with Gasteiger partial charge < -0.3 is 10.1 Å². The maximum atomic E-state index is 6.17. The van der Waals surface area contributed by atoms with Gasteiger partial charge in [-0.15, -0.1) is 0 Å². The van der Waals surface area contributed by atoms with Gasteiger partial charge in [-0.05, 0) is 35.9 Å². The van der Waals surface area contributed by atoms with Crippen LogP contribution in [0.4, 0.5) is 0 Å². The summed E-state index contributed by atoms with van der Waals surface area (Å²) in [4.78, 5) is 0. The summed E-state index contributed by atoms with van der Waals surface area (Å²) < 4.78 is 6.17. The molecule has 1 N–H and O–H groups in total. The standard InChI is InChI=1S/C17H27NO/c1-5-18-17-15-9-7-6-8-14(15)13(4)10-16(17)19-11-12(2)3/h6-9,12-13,16-18H,5,10-11H2,1-4H3. The third-order valence-corrected chi connectivity index (χ3v) is 3.89. The Morgan fingerprint density at radius 2 is 1.95 bits per heavy atom. The van der Waals surface area contributed by atoms with Gasteiger partial charge in [0.15, 0.2) is 0 Å². The fraction of sp³-hybridized carbons (Fsp3) is 0.647. The van der Waals surface area contributed by atoms with Gasteiger partial charge in [0.1, 0.15) is 0 Å². The number of benzene rings is 1. The normalized spacial score (nSPS) is 26.5. The van der Waals surface area contributed by atoms with Gasteiger partial charge in [-0.25, -0.2) is 0 Å². The Morgan fingerprint density at radius 3 is 2.58 bits per heavy atom. The van der Waals surface area contributed by atoms with Crippen molar-refractivity contribution in [2.24, 2.45) is 5.92 Å². The summed E-state index contributed by atoms with van der Waals surface area (Å²) in [6, 6.07) is 9.15. The van der Waals surface area contributed by atoms with Crippen LogP contribution >= 0.6 is 0 Å². The number of fused-ring (bicyclic) bond motifs is 1. The highest BCUT2D eigenvalue weighted by Crippen LogP contribution is 2.38. The SMILES string of the molecule is CCNC1c2ccccc2C(C)CC1OCC(C)C. The van der Waals surface area contributed by atoms with E-state index in [-0.39, 0.29) is 0 Å². The molecule has 3 atom stereocenters. The van der Waals surface area contributed by atoms with Crippen LogP contribution in [0.15, 0.2) is 24.3 Å². The van der Waals surface area contributed by atoms with Crippen LogP contribution in [0.1, 0.15) is 57.2 Å². The predicted molar refractivity (Wildman–Crippen MR) is 80.5 cm³/mol. The first-order valence-electron chi connectivity index (χ1n) is 7.57. The number of ether oxygens (including phenoxy) is 1. The lowest BCUT2D eigenvalue weighted by Gasteiger charge is -2.37. The van der Waals surface area contributed by atoms with Crippen LogP contribution in [0.2, 0.25) is 0 Å². The molecule has 2 nitrogen and oxygen atoms in total. The van der Waals surface area contributed by atoms with Gasteiger partial charge in [-0.2, -0.15) is 0 Å². The van der Waals surface area contributed by atoms with E-state index in [1.165, 1.54) is 11.1 Å². The topological polar surface area (TPSA) is 21.3 Å². The van der Waals surface area contributed by atoms with E-state index in [0.29, 0.717) is 24.0 Å². The zero-order valence-electron chi connectivity index (χ0n) is 12.6. The highest BCUT2D eigenvalue weighted by Gasteiger charge is 2.33. The van der Waals surface area contributed by atoms with Crippen LogP contribution in [-0.4, -0.2) is 19.3 Å². The Labute approximate surface area is 117 Å². The summed E-state index contributed by atoms with van der Waals surface area (Å²) in [5.74, 6) is 1.18. The molecule has 0 heterocycles. The molecule has 0 aromatic heterocycles. The maximum Gasteiger partial charge on any atom is 0.0775 e. The second kappa shape index (κ2) is 6.53. The van der Waals surface area contributed by atoms with Crippen molar-refractivity contribution in [1.29, 1.82) is 0 Å². The van der Waals surface area contributed by atoms with Crippen molar-refractivity contribution in [2.45, 2.75) is 52.2 Å². The first kappa shape index (κ1) is 14.5. The van der Waals surface area contributed by atoms with Crippen LogP contribution < -0.4 is 5.32 Å². The molecule has 0 amide bonds. The molecule has 0 bridgehead atoms. The van der Waals surface area contributed by atoms with Crippen molar-refractivity contribution >= 4 is 0 Å². The lowest BCUT2D eigenvalue weighted by Crippen LogP contribution is -2.39. The van der Waals surface area contributed by atoms with E-state index in [1.54, 1.807) is 0 Å². The summed E-state index contributed by atoms with van der Waals surface area (Å²) in [5.41, 5.74) is 2.91. The quantitative estimate of drug-likeness (QED) is 0.868. The van der Waals surface area contributed by atoms with Crippen molar-refractivity contribution < 1.29 is 4.74 Å². The minimum Gasteiger partial charge on any atom is -0.376 e. The number of likely N-dealkylation sites (N-methyl/N-ethyl adjacent to an activating group) is 1. The number of rotatable bonds is 5. The van der Waals surface area contributed by atoms with Gasteiger partial charge in [0, 0.05) is 6.61 Å². The molecule has 1 aliphatic carbocycles. The van der Waals surface area contributed by atoms with Gasteiger partial charge in [-0.1, -0.05) is 52.0 Å². The third kappa shape index (κ3) is 3.37. The van der Waals surface area contributed by atoms with Crippen molar-refractivity contribution in [3.05, 3.63) is 35.4 Å². The second-order valence-electron chi connectivity index (χ2n) is 6.07. The van der Waals surface area contributed by atoms with E-state index in [4.69, 9.17) is 4.74 Å². The Kier molecular flexibility index (Phi) is 5.00. The summed E-state index contributed by atoms with van der Waals surface area (Å²) >= 11 is 0. The van der Waals surface area contributed by atoms with Crippen LogP contribution in [-0.2, 0) is 4.74 Å². The minimum atomic E-state index is 0.298. The predicted octanol–water partition coefficient (Wildman–Crippen LogP) is 3.89. The number of hydrogen-bond acceptors (Lipinski definition) is 2. The van der Waals surface area contributed by atoms with E-state index < -0.39 is 0 Å². The highest BCUT2D eigenvalue weighted by atomic mass is 16.5. The Hall–Kier alpha value is -0.860. The second-order valence-corrected chi connectivity index (χ2v) is 6.07. The molecule has 0 fully saturated rings. The van der Waals surface area contributed by atoms with Gasteiger partial charge >= 0.3 is 0 Å². The largest absolute Gasteiger partial charge is 0.376 e. The van der Waals surface area contributed by atoms with E-state index >= 15 is 0 Å². The summed E-state index contributed by atoms with van der Waals surface area (Å²) in [7, 11) is 0. The third-order valence-electron chi connectivity index (χ3n) is 3.89. The van der Waals surface area contributed by atoms with Crippen LogP contribution in [0, 0.1) is 5.92 Å². The molecule has 0 aliphatic heterocycles. The Bertz CT molecular complexity index is 402. The van der Waals surface area contributed by atoms with E-state index in [0.717, 1.165) is 19.6 Å². The Balaban J connectivity index is 2.21. The van der Waals surface area contributed by atoms with Crippen LogP contribution in [0.3, 0.4) is 0 Å². The molecule has 0 spiro atoms. The zero-order valence-corrected chi connectivity index (χ0v) is 12.6. The monoisotopic (exact) mass is 261 g/mol. The lowest BCUT2D eigenvalue weighted by molar-refractivity contribution is -0.00219. The first-order chi connectivity index (χ1) is 9.13. The fourth-order valence-corrected chi connectivity index (χ4v) is 3.00. The highest BCUT2D eigenvalue weighted by molar-refractivity contribution is 5.36. The molecule has 0 radical (unpaired) electrons. The van der Waals surface area contributed by atoms with E-state index in [2.05, 4.69) is 57.3 Å². The summed E-state index contributed by atoms with van der Waals surface area (Å²) in [5, 5.41) is 3.61. The molecule has 2 heteroatoms. The lowest BCUT2D eigenvalue weighted by atomic mass is 9.79. The van der Waals surface area contributed by atoms with E-state index in [9.17, 15) is 0 Å². The molecule has 3 unspecified atom stereocenters. The average molecular weight is 261 g/mol. The molecule has 0 saturated heterocycles. The number of nitrogens with one attached hydrogen (secondary N) is 1. The average Bonchev–Trinajstić information content (AvgIpc) is 2.40. The molecule has 1 aliphatic rings. The van der Waals surface area contributed by atoms with Crippen molar-refractivity contribution in [1.82, 2.24) is 5.32 Å². The molecule has 1 aromatic rings. The molecule has 19 heavy (non-hydrogen) atoms. The molecule has 0 saturated carbocycles. The van der Waals surface area contributed by atoms with Gasteiger partial charge in [0.05, 0.1) is 12.1 Å². The summed E-state index contributed by atoms with van der Waals surface area (Å²) in [6.45, 7) is 10.7. The smallest absolute Gasteiger partial charge is 0.0775 e. The van der Waals surface area contributed by atoms with Gasteiger partial charge in [-0.3, -0.25) is 0 Å². The molecule has 1 aromatic carbocycles. The van der Waals surface area contributed by atoms with E-state index in [1.807, 2.05) is 0 Å². The first-order valence-corrected chi connectivity index (χ1v) is 7.57. The molecular formula is C17H27NO. The van der Waals surface area contributed by atoms with Crippen LogP contribution in [0.25, 0.3) is 0 Å². The minimum absolute atomic E-state index is 0.298. The van der Waals surface area contributed by atoms with Crippen molar-refractivity contribution in [3.8, 4) is 0 Å². The fourth-order valence-electron chi connectivity index (χ4n) is 3.00. The molecule has 106 valence electrons. The molecular weight excluding hydrogens is 234 g/mol. The van der Waals surface area contributed by atoms with Crippen LogP contribution in [0.5, 0.6) is 0 Å². The maximum absolute atomic E-state index is 6.17. The zero-order chi connectivity index (χ0) is 13.8. The van der Waals surface area contributed by atoms with Crippen molar-refractivity contribution in [2.75, 3.05) is 13.2 Å².